The van der Waals surface area contributed by atoms with E-state index in [1.54, 1.807) is 6.07 Å². The Morgan fingerprint density at radius 3 is 2.64 bits per heavy atom. The van der Waals surface area contributed by atoms with Crippen molar-refractivity contribution in [3.63, 3.8) is 0 Å². The van der Waals surface area contributed by atoms with Crippen LogP contribution in [0.2, 0.25) is 0 Å². The number of alkyl halides is 3. The molecule has 0 spiro atoms. The zero-order valence-electron chi connectivity index (χ0n) is 12.7. The SMILES string of the molecule is CC1(C)CN(Cc2cccc(OC(F)(F)F)c2)CCC1N.Cl. The van der Waals surface area contributed by atoms with Gasteiger partial charge in [-0.2, -0.15) is 0 Å². The zero-order chi connectivity index (χ0) is 15.7. The van der Waals surface area contributed by atoms with Crippen LogP contribution in [-0.4, -0.2) is 30.4 Å². The minimum absolute atomic E-state index is 0. The number of halogens is 4. The summed E-state index contributed by atoms with van der Waals surface area (Å²) in [6.07, 6.45) is -3.76. The fourth-order valence-corrected chi connectivity index (χ4v) is 2.72. The van der Waals surface area contributed by atoms with Gasteiger partial charge < -0.3 is 10.5 Å². The van der Waals surface area contributed by atoms with Crippen LogP contribution in [0.3, 0.4) is 0 Å². The van der Waals surface area contributed by atoms with E-state index >= 15 is 0 Å². The van der Waals surface area contributed by atoms with E-state index in [1.165, 1.54) is 12.1 Å². The monoisotopic (exact) mass is 338 g/mol. The van der Waals surface area contributed by atoms with Gasteiger partial charge in [-0.05, 0) is 29.5 Å². The number of nitrogens with zero attached hydrogens (tertiary/aromatic N) is 1. The first-order valence-corrected chi connectivity index (χ1v) is 6.98. The molecule has 2 N–H and O–H groups in total. The molecule has 1 unspecified atom stereocenters. The third kappa shape index (κ3) is 5.34. The quantitative estimate of drug-likeness (QED) is 0.915. The maximum Gasteiger partial charge on any atom is 0.573 e. The molecule has 0 aliphatic carbocycles. The van der Waals surface area contributed by atoms with E-state index in [2.05, 4.69) is 23.5 Å². The first-order chi connectivity index (χ1) is 9.66. The standard InChI is InChI=1S/C15H21F3N2O.ClH/c1-14(2)10-20(7-6-13(14)19)9-11-4-3-5-12(8-11)21-15(16,17)18;/h3-5,8,13H,6-7,9-10,19H2,1-2H3;1H. The van der Waals surface area contributed by atoms with Gasteiger partial charge in [0.25, 0.3) is 0 Å². The van der Waals surface area contributed by atoms with E-state index in [-0.39, 0.29) is 29.6 Å². The van der Waals surface area contributed by atoms with Gasteiger partial charge in [0.2, 0.25) is 0 Å². The van der Waals surface area contributed by atoms with E-state index < -0.39 is 6.36 Å². The van der Waals surface area contributed by atoms with Gasteiger partial charge in [0.05, 0.1) is 0 Å². The van der Waals surface area contributed by atoms with E-state index in [9.17, 15) is 13.2 Å². The van der Waals surface area contributed by atoms with Gasteiger partial charge in [0, 0.05) is 25.7 Å². The Hall–Kier alpha value is -0.980. The summed E-state index contributed by atoms with van der Waals surface area (Å²) in [7, 11) is 0. The molecule has 0 bridgehead atoms. The van der Waals surface area contributed by atoms with Gasteiger partial charge in [-0.15, -0.1) is 25.6 Å². The molecule has 1 aromatic rings. The van der Waals surface area contributed by atoms with E-state index in [4.69, 9.17) is 5.73 Å². The van der Waals surface area contributed by atoms with Crippen LogP contribution in [0.15, 0.2) is 24.3 Å². The number of rotatable bonds is 3. The third-order valence-electron chi connectivity index (χ3n) is 3.93. The summed E-state index contributed by atoms with van der Waals surface area (Å²) in [4.78, 5) is 2.22. The smallest absolute Gasteiger partial charge is 0.406 e. The maximum absolute atomic E-state index is 12.2. The molecular weight excluding hydrogens is 317 g/mol. The number of hydrogen-bond donors (Lipinski definition) is 1. The Bertz CT molecular complexity index is 494. The first-order valence-electron chi connectivity index (χ1n) is 6.98. The molecule has 1 aliphatic rings. The fraction of sp³-hybridized carbons (Fsp3) is 0.600. The predicted molar refractivity (Wildman–Crippen MR) is 82.0 cm³/mol. The lowest BCUT2D eigenvalue weighted by Crippen LogP contribution is -2.52. The highest BCUT2D eigenvalue weighted by molar-refractivity contribution is 5.85. The molecule has 126 valence electrons. The average Bonchev–Trinajstić information content (AvgIpc) is 2.32. The Kier molecular flexibility index (Phi) is 6.12. The van der Waals surface area contributed by atoms with Crippen LogP contribution < -0.4 is 10.5 Å². The van der Waals surface area contributed by atoms with Gasteiger partial charge in [0.15, 0.2) is 0 Å². The molecule has 22 heavy (non-hydrogen) atoms. The van der Waals surface area contributed by atoms with Crippen LogP contribution in [0.1, 0.15) is 25.8 Å². The molecular formula is C15H22ClF3N2O. The molecule has 3 nitrogen and oxygen atoms in total. The van der Waals surface area contributed by atoms with Gasteiger partial charge >= 0.3 is 6.36 Å². The number of hydrogen-bond acceptors (Lipinski definition) is 3. The van der Waals surface area contributed by atoms with Crippen LogP contribution in [0.5, 0.6) is 5.75 Å². The fourth-order valence-electron chi connectivity index (χ4n) is 2.72. The molecule has 0 saturated carbocycles. The molecule has 1 saturated heterocycles. The van der Waals surface area contributed by atoms with Crippen LogP contribution in [0.25, 0.3) is 0 Å². The number of likely N-dealkylation sites (tertiary alicyclic amines) is 1. The van der Waals surface area contributed by atoms with E-state index in [0.29, 0.717) is 6.54 Å². The molecule has 1 fully saturated rings. The highest BCUT2D eigenvalue weighted by atomic mass is 35.5. The van der Waals surface area contributed by atoms with Crippen LogP contribution >= 0.6 is 12.4 Å². The summed E-state index contributed by atoms with van der Waals surface area (Å²) in [5.74, 6) is -0.173. The topological polar surface area (TPSA) is 38.5 Å². The Morgan fingerprint density at radius 1 is 1.36 bits per heavy atom. The number of benzene rings is 1. The highest BCUT2D eigenvalue weighted by Crippen LogP contribution is 2.29. The summed E-state index contributed by atoms with van der Waals surface area (Å²) >= 11 is 0. The van der Waals surface area contributed by atoms with Crippen molar-refractivity contribution in [3.8, 4) is 5.75 Å². The van der Waals surface area contributed by atoms with Gasteiger partial charge in [0.1, 0.15) is 5.75 Å². The van der Waals surface area contributed by atoms with Gasteiger partial charge in [-0.1, -0.05) is 26.0 Å². The van der Waals surface area contributed by atoms with Crippen LogP contribution in [0, 0.1) is 5.41 Å². The molecule has 1 atom stereocenters. The summed E-state index contributed by atoms with van der Waals surface area (Å²) < 4.78 is 40.6. The molecule has 1 heterocycles. The Morgan fingerprint density at radius 2 is 2.05 bits per heavy atom. The Balaban J connectivity index is 0.00000242. The zero-order valence-corrected chi connectivity index (χ0v) is 13.5. The van der Waals surface area contributed by atoms with Crippen LogP contribution in [-0.2, 0) is 6.54 Å². The first kappa shape index (κ1) is 19.1. The van der Waals surface area contributed by atoms with Crippen molar-refractivity contribution in [3.05, 3.63) is 29.8 Å². The number of ether oxygens (including phenoxy) is 1. The molecule has 0 aromatic heterocycles. The molecule has 7 heteroatoms. The lowest BCUT2D eigenvalue weighted by atomic mass is 9.79. The summed E-state index contributed by atoms with van der Waals surface area (Å²) in [5, 5.41) is 0. The predicted octanol–water partition coefficient (Wildman–Crippen LogP) is 3.57. The van der Waals surface area contributed by atoms with Crippen molar-refractivity contribution in [1.29, 1.82) is 0 Å². The van der Waals surface area contributed by atoms with E-state index in [1.807, 2.05) is 6.07 Å². The highest BCUT2D eigenvalue weighted by Gasteiger charge is 2.33. The second-order valence-corrected chi connectivity index (χ2v) is 6.29. The minimum Gasteiger partial charge on any atom is -0.406 e. The minimum atomic E-state index is -4.65. The largest absolute Gasteiger partial charge is 0.573 e. The molecule has 0 radical (unpaired) electrons. The molecule has 1 aromatic carbocycles. The van der Waals surface area contributed by atoms with Crippen molar-refractivity contribution in [1.82, 2.24) is 4.90 Å². The molecule has 0 amide bonds. The van der Waals surface area contributed by atoms with Crippen molar-refractivity contribution < 1.29 is 17.9 Å². The van der Waals surface area contributed by atoms with Crippen molar-refractivity contribution in [2.45, 2.75) is 39.2 Å². The lowest BCUT2D eigenvalue weighted by Gasteiger charge is -2.42. The van der Waals surface area contributed by atoms with Crippen molar-refractivity contribution >= 4 is 12.4 Å². The average molecular weight is 339 g/mol. The summed E-state index contributed by atoms with van der Waals surface area (Å²) in [6.45, 7) is 6.53. The third-order valence-corrected chi connectivity index (χ3v) is 3.93. The van der Waals surface area contributed by atoms with Crippen molar-refractivity contribution in [2.75, 3.05) is 13.1 Å². The number of nitrogens with two attached hydrogens (primary N) is 1. The second kappa shape index (κ2) is 7.06. The van der Waals surface area contributed by atoms with E-state index in [0.717, 1.165) is 25.1 Å². The molecule has 1 aliphatic heterocycles. The normalized spacial score (nSPS) is 22.0. The summed E-state index contributed by atoms with van der Waals surface area (Å²) in [6, 6.07) is 6.30. The summed E-state index contributed by atoms with van der Waals surface area (Å²) in [5.41, 5.74) is 6.91. The lowest BCUT2D eigenvalue weighted by molar-refractivity contribution is -0.274. The van der Waals surface area contributed by atoms with Crippen LogP contribution in [0.4, 0.5) is 13.2 Å². The van der Waals surface area contributed by atoms with Crippen molar-refractivity contribution in [2.24, 2.45) is 11.1 Å². The van der Waals surface area contributed by atoms with Gasteiger partial charge in [-0.25, -0.2) is 0 Å². The Labute approximate surface area is 135 Å². The van der Waals surface area contributed by atoms with Gasteiger partial charge in [-0.3, -0.25) is 4.90 Å². The molecule has 2 rings (SSSR count). The maximum atomic E-state index is 12.2. The second-order valence-electron chi connectivity index (χ2n) is 6.29. The number of piperidine rings is 1.